The smallest absolute Gasteiger partial charge is 0.166 e. The van der Waals surface area contributed by atoms with Gasteiger partial charge in [-0.1, -0.05) is 29.3 Å². The highest BCUT2D eigenvalue weighted by Gasteiger charge is 2.04. The Morgan fingerprint density at radius 3 is 2.79 bits per heavy atom. The lowest BCUT2D eigenvalue weighted by Gasteiger charge is -2.03. The molecule has 19 heavy (non-hydrogen) atoms. The van der Waals surface area contributed by atoms with Crippen molar-refractivity contribution in [1.29, 1.82) is 0 Å². The number of aromatic hydroxyl groups is 2. The number of nitrogens with one attached hydrogen (secondary N) is 1. The number of anilines is 1. The minimum atomic E-state index is -0.247. The Labute approximate surface area is 119 Å². The van der Waals surface area contributed by atoms with Gasteiger partial charge in [0.1, 0.15) is 0 Å². The van der Waals surface area contributed by atoms with E-state index in [0.29, 0.717) is 21.4 Å². The molecule has 1 aromatic carbocycles. The predicted octanol–water partition coefficient (Wildman–Crippen LogP) is 3.25. The first-order valence-electron chi connectivity index (χ1n) is 5.19. The number of hydrogen-bond acceptors (Lipinski definition) is 5. The van der Waals surface area contributed by atoms with E-state index in [2.05, 4.69) is 15.5 Å². The number of hydrogen-bond donors (Lipinski definition) is 3. The second kappa shape index (κ2) is 5.77. The Morgan fingerprint density at radius 1 is 1.26 bits per heavy atom. The van der Waals surface area contributed by atoms with Crippen LogP contribution in [-0.2, 0) is 0 Å². The van der Waals surface area contributed by atoms with Crippen LogP contribution in [0.15, 0.2) is 35.6 Å². The third-order valence-corrected chi connectivity index (χ3v) is 2.72. The fourth-order valence-electron chi connectivity index (χ4n) is 1.31. The molecule has 0 fully saturated rings. The van der Waals surface area contributed by atoms with Crippen LogP contribution in [0.1, 0.15) is 5.56 Å². The third kappa shape index (κ3) is 3.27. The van der Waals surface area contributed by atoms with Gasteiger partial charge < -0.3 is 10.2 Å². The topological polar surface area (TPSA) is 77.7 Å². The van der Waals surface area contributed by atoms with E-state index >= 15 is 0 Å². The van der Waals surface area contributed by atoms with Crippen molar-refractivity contribution in [1.82, 2.24) is 4.98 Å². The number of phenols is 2. The van der Waals surface area contributed by atoms with Crippen molar-refractivity contribution in [3.05, 3.63) is 46.1 Å². The molecule has 5 nitrogen and oxygen atoms in total. The fraction of sp³-hybridized carbons (Fsp3) is 0. The minimum Gasteiger partial charge on any atom is -0.504 e. The van der Waals surface area contributed by atoms with Crippen molar-refractivity contribution in [2.45, 2.75) is 0 Å². The van der Waals surface area contributed by atoms with E-state index in [1.807, 2.05) is 0 Å². The van der Waals surface area contributed by atoms with Gasteiger partial charge in [0.2, 0.25) is 0 Å². The molecule has 0 spiro atoms. The molecule has 2 rings (SSSR count). The number of benzene rings is 1. The van der Waals surface area contributed by atoms with E-state index < -0.39 is 0 Å². The van der Waals surface area contributed by atoms with Gasteiger partial charge >= 0.3 is 0 Å². The lowest BCUT2D eigenvalue weighted by atomic mass is 10.2. The van der Waals surface area contributed by atoms with Crippen molar-refractivity contribution in [3.8, 4) is 11.5 Å². The van der Waals surface area contributed by atoms with Crippen molar-refractivity contribution in [2.75, 3.05) is 5.43 Å². The number of aromatic nitrogens is 1. The first kappa shape index (κ1) is 13.5. The summed E-state index contributed by atoms with van der Waals surface area (Å²) in [6.45, 7) is 0. The lowest BCUT2D eigenvalue weighted by Crippen LogP contribution is -1.94. The molecule has 1 heterocycles. The molecule has 0 saturated heterocycles. The predicted molar refractivity (Wildman–Crippen MR) is 75.2 cm³/mol. The summed E-state index contributed by atoms with van der Waals surface area (Å²) in [5.74, 6) is -0.128. The Bertz CT molecular complexity index is 632. The molecule has 0 aliphatic carbocycles. The molecular weight excluding hydrogens is 289 g/mol. The Kier molecular flexibility index (Phi) is 4.09. The average molecular weight is 298 g/mol. The second-order valence-corrected chi connectivity index (χ2v) is 4.41. The van der Waals surface area contributed by atoms with E-state index in [-0.39, 0.29) is 11.5 Å². The van der Waals surface area contributed by atoms with E-state index in [0.717, 1.165) is 0 Å². The minimum absolute atomic E-state index is 0.216. The molecule has 0 aliphatic rings. The number of halogens is 2. The first-order chi connectivity index (χ1) is 9.08. The SMILES string of the molecule is Oc1cccc(/C=N/Nc2ncc(Cl)cc2Cl)c1O. The molecule has 3 N–H and O–H groups in total. The van der Waals surface area contributed by atoms with Gasteiger partial charge in [0.05, 0.1) is 16.3 Å². The van der Waals surface area contributed by atoms with Crippen molar-refractivity contribution in [3.63, 3.8) is 0 Å². The monoisotopic (exact) mass is 297 g/mol. The molecule has 0 atom stereocenters. The van der Waals surface area contributed by atoms with Crippen LogP contribution in [0.25, 0.3) is 0 Å². The summed E-state index contributed by atoms with van der Waals surface area (Å²) >= 11 is 11.6. The molecule has 0 saturated carbocycles. The van der Waals surface area contributed by atoms with E-state index in [4.69, 9.17) is 23.2 Å². The number of pyridine rings is 1. The molecule has 0 unspecified atom stereocenters. The van der Waals surface area contributed by atoms with Crippen LogP contribution >= 0.6 is 23.2 Å². The average Bonchev–Trinajstić information content (AvgIpc) is 2.37. The van der Waals surface area contributed by atoms with Crippen molar-refractivity contribution in [2.24, 2.45) is 5.10 Å². The zero-order valence-electron chi connectivity index (χ0n) is 9.51. The van der Waals surface area contributed by atoms with Crippen LogP contribution in [0.4, 0.5) is 5.82 Å². The maximum Gasteiger partial charge on any atom is 0.166 e. The quantitative estimate of drug-likeness (QED) is 0.462. The fourth-order valence-corrected chi connectivity index (χ4v) is 1.74. The molecule has 0 radical (unpaired) electrons. The summed E-state index contributed by atoms with van der Waals surface area (Å²) in [4.78, 5) is 3.95. The Hall–Kier alpha value is -1.98. The summed E-state index contributed by atoms with van der Waals surface area (Å²) in [6.07, 6.45) is 2.76. The van der Waals surface area contributed by atoms with Crippen LogP contribution in [0.2, 0.25) is 10.0 Å². The van der Waals surface area contributed by atoms with Gasteiger partial charge in [-0.3, -0.25) is 5.43 Å². The van der Waals surface area contributed by atoms with Crippen LogP contribution in [0.5, 0.6) is 11.5 Å². The molecule has 98 valence electrons. The lowest BCUT2D eigenvalue weighted by molar-refractivity contribution is 0.403. The van der Waals surface area contributed by atoms with Gasteiger partial charge in [-0.05, 0) is 18.2 Å². The van der Waals surface area contributed by atoms with Crippen LogP contribution in [-0.4, -0.2) is 21.4 Å². The summed E-state index contributed by atoms with van der Waals surface area (Å²) < 4.78 is 0. The molecule has 0 bridgehead atoms. The maximum absolute atomic E-state index is 9.56. The van der Waals surface area contributed by atoms with E-state index in [1.54, 1.807) is 12.1 Å². The molecule has 1 aromatic heterocycles. The number of nitrogens with zero attached hydrogens (tertiary/aromatic N) is 2. The normalized spacial score (nSPS) is 10.8. The Balaban J connectivity index is 2.14. The summed E-state index contributed by atoms with van der Waals surface area (Å²) in [6, 6.07) is 6.08. The zero-order valence-corrected chi connectivity index (χ0v) is 11.0. The largest absolute Gasteiger partial charge is 0.504 e. The van der Waals surface area contributed by atoms with Gasteiger partial charge in [0.25, 0.3) is 0 Å². The van der Waals surface area contributed by atoms with Crippen molar-refractivity contribution < 1.29 is 10.2 Å². The zero-order chi connectivity index (χ0) is 13.8. The summed E-state index contributed by atoms with van der Waals surface area (Å²) in [5, 5.41) is 23.5. The highest BCUT2D eigenvalue weighted by atomic mass is 35.5. The highest BCUT2D eigenvalue weighted by Crippen LogP contribution is 2.27. The van der Waals surface area contributed by atoms with Crippen LogP contribution in [0.3, 0.4) is 0 Å². The maximum atomic E-state index is 9.56. The third-order valence-electron chi connectivity index (χ3n) is 2.23. The van der Waals surface area contributed by atoms with Crippen molar-refractivity contribution >= 4 is 35.2 Å². The molecule has 0 amide bonds. The molecule has 7 heteroatoms. The van der Waals surface area contributed by atoms with Crippen LogP contribution in [0, 0.1) is 0 Å². The standard InChI is InChI=1S/C12H9Cl2N3O2/c13-8-4-9(14)12(15-6-8)17-16-5-7-2-1-3-10(18)11(7)19/h1-6,18-19H,(H,15,17)/b16-5+. The molecular formula is C12H9Cl2N3O2. The van der Waals surface area contributed by atoms with Crippen LogP contribution < -0.4 is 5.43 Å². The Morgan fingerprint density at radius 2 is 2.05 bits per heavy atom. The molecule has 0 aliphatic heterocycles. The van der Waals surface area contributed by atoms with Gasteiger partial charge in [0.15, 0.2) is 17.3 Å². The highest BCUT2D eigenvalue weighted by molar-refractivity contribution is 6.35. The molecule has 2 aromatic rings. The number of para-hydroxylation sites is 1. The van der Waals surface area contributed by atoms with Gasteiger partial charge in [-0.2, -0.15) is 5.10 Å². The first-order valence-corrected chi connectivity index (χ1v) is 5.94. The van der Waals surface area contributed by atoms with Gasteiger partial charge in [0, 0.05) is 11.8 Å². The number of hydrazone groups is 1. The summed E-state index contributed by atoms with van der Waals surface area (Å²) in [5.41, 5.74) is 2.97. The summed E-state index contributed by atoms with van der Waals surface area (Å²) in [7, 11) is 0. The van der Waals surface area contributed by atoms with Gasteiger partial charge in [-0.15, -0.1) is 0 Å². The number of phenolic OH excluding ortho intramolecular Hbond substituents is 2. The van der Waals surface area contributed by atoms with E-state index in [1.165, 1.54) is 24.5 Å². The second-order valence-electron chi connectivity index (χ2n) is 3.57. The van der Waals surface area contributed by atoms with E-state index in [9.17, 15) is 10.2 Å². The number of rotatable bonds is 3. The van der Waals surface area contributed by atoms with Gasteiger partial charge in [-0.25, -0.2) is 4.98 Å².